The van der Waals surface area contributed by atoms with Crippen LogP contribution in [0.2, 0.25) is 5.02 Å². The van der Waals surface area contributed by atoms with Crippen molar-refractivity contribution in [2.45, 2.75) is 26.4 Å². The Labute approximate surface area is 141 Å². The van der Waals surface area contributed by atoms with Gasteiger partial charge in [0.1, 0.15) is 11.4 Å². The zero-order valence-electron chi connectivity index (χ0n) is 13.6. The lowest BCUT2D eigenvalue weighted by atomic mass is 10.0. The number of amides is 1. The van der Waals surface area contributed by atoms with E-state index in [-0.39, 0.29) is 0 Å². The van der Waals surface area contributed by atoms with Crippen molar-refractivity contribution in [3.8, 4) is 16.9 Å². The summed E-state index contributed by atoms with van der Waals surface area (Å²) >= 11 is 6.33. The van der Waals surface area contributed by atoms with Crippen LogP contribution in [0.5, 0.6) is 5.75 Å². The van der Waals surface area contributed by atoms with Crippen LogP contribution < -0.4 is 10.1 Å². The van der Waals surface area contributed by atoms with Crippen molar-refractivity contribution in [2.24, 2.45) is 0 Å². The molecule has 0 spiro atoms. The molecule has 0 atom stereocenters. The number of para-hydroxylation sites is 1. The van der Waals surface area contributed by atoms with E-state index < -0.39 is 11.7 Å². The second-order valence-electron chi connectivity index (χ2n) is 5.99. The first-order chi connectivity index (χ1) is 10.8. The number of nitrogens with one attached hydrogen (secondary N) is 1. The summed E-state index contributed by atoms with van der Waals surface area (Å²) in [5.74, 6) is 0.635. The standard InChI is InChI=1S/C18H20ClNO3/c1-18(2,3)23-17(21)20-14-10-6-5-8-12(14)16-13(19)9-7-11-15(16)22-4/h5-11H,1-4H3,(H,20,21). The van der Waals surface area contributed by atoms with Crippen molar-refractivity contribution in [1.29, 1.82) is 0 Å². The highest BCUT2D eigenvalue weighted by atomic mass is 35.5. The number of halogens is 1. The molecule has 2 aromatic rings. The van der Waals surface area contributed by atoms with Crippen LogP contribution in [0.3, 0.4) is 0 Å². The molecule has 0 aliphatic rings. The van der Waals surface area contributed by atoms with E-state index in [1.165, 1.54) is 0 Å². The van der Waals surface area contributed by atoms with E-state index in [4.69, 9.17) is 21.1 Å². The third-order valence-electron chi connectivity index (χ3n) is 3.03. The lowest BCUT2D eigenvalue weighted by Gasteiger charge is -2.21. The third-order valence-corrected chi connectivity index (χ3v) is 3.34. The first-order valence-electron chi connectivity index (χ1n) is 7.24. The zero-order valence-corrected chi connectivity index (χ0v) is 14.4. The minimum absolute atomic E-state index is 0.518. The lowest BCUT2D eigenvalue weighted by Crippen LogP contribution is -2.27. The van der Waals surface area contributed by atoms with Crippen molar-refractivity contribution >= 4 is 23.4 Å². The van der Waals surface area contributed by atoms with Crippen LogP contribution in [0.25, 0.3) is 11.1 Å². The van der Waals surface area contributed by atoms with E-state index in [9.17, 15) is 4.79 Å². The molecular formula is C18H20ClNO3. The first kappa shape index (κ1) is 17.2. The van der Waals surface area contributed by atoms with Crippen LogP contribution >= 0.6 is 11.6 Å². The van der Waals surface area contributed by atoms with E-state index in [0.717, 1.165) is 11.1 Å². The largest absolute Gasteiger partial charge is 0.496 e. The van der Waals surface area contributed by atoms with Crippen molar-refractivity contribution in [3.05, 3.63) is 47.5 Å². The normalized spacial score (nSPS) is 11.0. The maximum absolute atomic E-state index is 12.1. The molecule has 0 radical (unpaired) electrons. The molecule has 0 saturated carbocycles. The second kappa shape index (κ2) is 6.92. The summed E-state index contributed by atoms with van der Waals surface area (Å²) in [6.45, 7) is 5.45. The Bertz CT molecular complexity index is 708. The number of methoxy groups -OCH3 is 1. The number of hydrogen-bond donors (Lipinski definition) is 1. The van der Waals surface area contributed by atoms with Crippen molar-refractivity contribution in [3.63, 3.8) is 0 Å². The van der Waals surface area contributed by atoms with E-state index in [1.807, 2.05) is 51.1 Å². The molecule has 2 rings (SSSR count). The molecule has 4 nitrogen and oxygen atoms in total. The van der Waals surface area contributed by atoms with Crippen molar-refractivity contribution in [2.75, 3.05) is 12.4 Å². The molecule has 1 N–H and O–H groups in total. The molecule has 0 saturated heterocycles. The van der Waals surface area contributed by atoms with E-state index in [2.05, 4.69) is 5.32 Å². The average Bonchev–Trinajstić information content (AvgIpc) is 2.46. The minimum Gasteiger partial charge on any atom is -0.496 e. The quantitative estimate of drug-likeness (QED) is 0.822. The lowest BCUT2D eigenvalue weighted by molar-refractivity contribution is 0.0636. The molecule has 0 heterocycles. The van der Waals surface area contributed by atoms with Gasteiger partial charge in [-0.05, 0) is 39.0 Å². The topological polar surface area (TPSA) is 47.6 Å². The van der Waals surface area contributed by atoms with Gasteiger partial charge in [-0.25, -0.2) is 4.79 Å². The van der Waals surface area contributed by atoms with Gasteiger partial charge in [0.25, 0.3) is 0 Å². The van der Waals surface area contributed by atoms with Crippen LogP contribution in [0.4, 0.5) is 10.5 Å². The molecule has 122 valence electrons. The van der Waals surface area contributed by atoms with Gasteiger partial charge in [0.05, 0.1) is 17.8 Å². The molecule has 0 aliphatic carbocycles. The molecule has 23 heavy (non-hydrogen) atoms. The van der Waals surface area contributed by atoms with Crippen LogP contribution in [0.1, 0.15) is 20.8 Å². The summed E-state index contributed by atoms with van der Waals surface area (Å²) in [6, 6.07) is 12.8. The highest BCUT2D eigenvalue weighted by Gasteiger charge is 2.19. The number of benzene rings is 2. The van der Waals surface area contributed by atoms with Gasteiger partial charge in [0.2, 0.25) is 0 Å². The fraction of sp³-hybridized carbons (Fsp3) is 0.278. The third kappa shape index (κ3) is 4.39. The monoisotopic (exact) mass is 333 g/mol. The maximum atomic E-state index is 12.1. The highest BCUT2D eigenvalue weighted by molar-refractivity contribution is 6.34. The summed E-state index contributed by atoms with van der Waals surface area (Å²) in [6.07, 6.45) is -0.518. The fourth-order valence-electron chi connectivity index (χ4n) is 2.16. The molecular weight excluding hydrogens is 314 g/mol. The van der Waals surface area contributed by atoms with Crippen LogP contribution in [-0.2, 0) is 4.74 Å². The molecule has 0 unspecified atom stereocenters. The fourth-order valence-corrected chi connectivity index (χ4v) is 2.43. The smallest absolute Gasteiger partial charge is 0.412 e. The van der Waals surface area contributed by atoms with E-state index in [1.54, 1.807) is 19.2 Å². The number of ether oxygens (including phenoxy) is 2. The Balaban J connectivity index is 2.41. The van der Waals surface area contributed by atoms with Gasteiger partial charge in [-0.3, -0.25) is 5.32 Å². The molecule has 2 aromatic carbocycles. The van der Waals surface area contributed by atoms with Crippen LogP contribution in [0.15, 0.2) is 42.5 Å². The number of carbonyl (C=O) groups is 1. The summed E-state index contributed by atoms with van der Waals surface area (Å²) in [4.78, 5) is 12.1. The van der Waals surface area contributed by atoms with Gasteiger partial charge in [0.15, 0.2) is 0 Å². The van der Waals surface area contributed by atoms with Gasteiger partial charge >= 0.3 is 6.09 Å². The Hall–Kier alpha value is -2.20. The Morgan fingerprint density at radius 2 is 1.78 bits per heavy atom. The summed E-state index contributed by atoms with van der Waals surface area (Å²) in [5.41, 5.74) is 1.53. The van der Waals surface area contributed by atoms with Gasteiger partial charge < -0.3 is 9.47 Å². The summed E-state index contributed by atoms with van der Waals surface area (Å²) in [7, 11) is 1.58. The Morgan fingerprint density at radius 1 is 1.09 bits per heavy atom. The summed E-state index contributed by atoms with van der Waals surface area (Å²) < 4.78 is 10.7. The van der Waals surface area contributed by atoms with Crippen molar-refractivity contribution < 1.29 is 14.3 Å². The summed E-state index contributed by atoms with van der Waals surface area (Å²) in [5, 5.41) is 3.31. The maximum Gasteiger partial charge on any atom is 0.412 e. The predicted octanol–water partition coefficient (Wildman–Crippen LogP) is 5.36. The Kier molecular flexibility index (Phi) is 5.16. The van der Waals surface area contributed by atoms with Crippen LogP contribution in [-0.4, -0.2) is 18.8 Å². The van der Waals surface area contributed by atoms with E-state index in [0.29, 0.717) is 16.5 Å². The van der Waals surface area contributed by atoms with Crippen molar-refractivity contribution in [1.82, 2.24) is 0 Å². The number of rotatable bonds is 3. The van der Waals surface area contributed by atoms with Gasteiger partial charge in [0, 0.05) is 11.1 Å². The number of carbonyl (C=O) groups excluding carboxylic acids is 1. The Morgan fingerprint density at radius 3 is 2.43 bits per heavy atom. The first-order valence-corrected chi connectivity index (χ1v) is 7.61. The average molecular weight is 334 g/mol. The number of anilines is 1. The number of hydrogen-bond acceptors (Lipinski definition) is 3. The predicted molar refractivity (Wildman–Crippen MR) is 93.3 cm³/mol. The van der Waals surface area contributed by atoms with E-state index >= 15 is 0 Å². The molecule has 0 bridgehead atoms. The SMILES string of the molecule is COc1cccc(Cl)c1-c1ccccc1NC(=O)OC(C)(C)C. The second-order valence-corrected chi connectivity index (χ2v) is 6.40. The molecule has 0 aromatic heterocycles. The highest BCUT2D eigenvalue weighted by Crippen LogP contribution is 2.40. The molecule has 1 amide bonds. The molecule has 5 heteroatoms. The minimum atomic E-state index is -0.568. The molecule has 0 fully saturated rings. The van der Waals surface area contributed by atoms with Gasteiger partial charge in [-0.1, -0.05) is 35.9 Å². The van der Waals surface area contributed by atoms with Gasteiger partial charge in [-0.2, -0.15) is 0 Å². The van der Waals surface area contributed by atoms with Gasteiger partial charge in [-0.15, -0.1) is 0 Å². The van der Waals surface area contributed by atoms with Crippen LogP contribution in [0, 0.1) is 0 Å². The molecule has 0 aliphatic heterocycles. The zero-order chi connectivity index (χ0) is 17.0.